The van der Waals surface area contributed by atoms with E-state index in [0.29, 0.717) is 19.8 Å². The molecule has 0 saturated heterocycles. The van der Waals surface area contributed by atoms with Gasteiger partial charge < -0.3 is 19.9 Å². The van der Waals surface area contributed by atoms with Gasteiger partial charge in [0.15, 0.2) is 5.82 Å². The highest BCUT2D eigenvalue weighted by Crippen LogP contribution is 1.94. The number of ether oxygens (including phenoxy) is 2. The molecule has 110 valence electrons. The molecule has 0 spiro atoms. The molecule has 1 aromatic rings. The van der Waals surface area contributed by atoms with Gasteiger partial charge in [-0.1, -0.05) is 0 Å². The number of nitrogens with one attached hydrogen (secondary N) is 1. The van der Waals surface area contributed by atoms with Crippen LogP contribution in [0.25, 0.3) is 0 Å². The monoisotopic (exact) mass is 272 g/mol. The maximum atomic E-state index is 9.70. The zero-order valence-electron chi connectivity index (χ0n) is 11.9. The predicted molar refractivity (Wildman–Crippen MR) is 70.9 cm³/mol. The van der Waals surface area contributed by atoms with Gasteiger partial charge in [-0.15, -0.1) is 0 Å². The third-order valence-electron chi connectivity index (χ3n) is 2.53. The van der Waals surface area contributed by atoms with Crippen LogP contribution >= 0.6 is 0 Å². The molecule has 2 unspecified atom stereocenters. The number of rotatable bonds is 10. The molecule has 0 aliphatic carbocycles. The molecular formula is C12H24N4O3. The molecule has 0 radical (unpaired) electrons. The van der Waals surface area contributed by atoms with Crippen molar-refractivity contribution in [3.63, 3.8) is 0 Å². The van der Waals surface area contributed by atoms with Crippen molar-refractivity contribution in [3.05, 3.63) is 12.2 Å². The fraction of sp³-hybridized carbons (Fsp3) is 0.833. The maximum Gasteiger partial charge on any atom is 0.151 e. The summed E-state index contributed by atoms with van der Waals surface area (Å²) in [5.74, 6) is 0.800. The number of hydrogen-bond acceptors (Lipinski definition) is 6. The Balaban J connectivity index is 2.02. The van der Waals surface area contributed by atoms with Crippen LogP contribution in [0.3, 0.4) is 0 Å². The molecular weight excluding hydrogens is 248 g/mol. The van der Waals surface area contributed by atoms with Gasteiger partial charge in [0, 0.05) is 33.7 Å². The van der Waals surface area contributed by atoms with Crippen LogP contribution in [0.1, 0.15) is 12.7 Å². The molecule has 19 heavy (non-hydrogen) atoms. The summed E-state index contributed by atoms with van der Waals surface area (Å²) in [4.78, 5) is 4.12. The maximum absolute atomic E-state index is 9.70. The summed E-state index contributed by atoms with van der Waals surface area (Å²) in [6, 6.07) is 0. The number of nitrogens with zero attached hydrogens (tertiary/aromatic N) is 3. The van der Waals surface area contributed by atoms with Crippen molar-refractivity contribution >= 4 is 0 Å². The normalized spacial score (nSPS) is 14.5. The summed E-state index contributed by atoms with van der Waals surface area (Å²) in [6.45, 7) is 3.97. The van der Waals surface area contributed by atoms with Crippen LogP contribution in [0, 0.1) is 0 Å². The van der Waals surface area contributed by atoms with Gasteiger partial charge in [-0.25, -0.2) is 4.98 Å². The summed E-state index contributed by atoms with van der Waals surface area (Å²) < 4.78 is 12.0. The summed E-state index contributed by atoms with van der Waals surface area (Å²) >= 11 is 0. The van der Waals surface area contributed by atoms with Crippen molar-refractivity contribution < 1.29 is 14.6 Å². The van der Waals surface area contributed by atoms with Crippen LogP contribution in [0.4, 0.5) is 0 Å². The lowest BCUT2D eigenvalue weighted by molar-refractivity contribution is -0.0310. The Morgan fingerprint density at radius 2 is 2.26 bits per heavy atom. The van der Waals surface area contributed by atoms with E-state index in [4.69, 9.17) is 9.47 Å². The van der Waals surface area contributed by atoms with Crippen LogP contribution in [-0.4, -0.2) is 65.5 Å². The second-order valence-electron chi connectivity index (χ2n) is 4.54. The van der Waals surface area contributed by atoms with Crippen LogP contribution in [0.15, 0.2) is 6.33 Å². The Bertz CT molecular complexity index is 345. The average molecular weight is 272 g/mol. The Morgan fingerprint density at radius 3 is 2.89 bits per heavy atom. The van der Waals surface area contributed by atoms with Crippen molar-refractivity contribution in [2.24, 2.45) is 7.05 Å². The van der Waals surface area contributed by atoms with E-state index in [0.717, 1.165) is 18.8 Å². The first-order chi connectivity index (χ1) is 9.11. The molecule has 0 aromatic carbocycles. The van der Waals surface area contributed by atoms with Crippen molar-refractivity contribution in [2.45, 2.75) is 25.6 Å². The molecule has 1 rings (SSSR count). The van der Waals surface area contributed by atoms with Gasteiger partial charge in [0.05, 0.1) is 25.4 Å². The van der Waals surface area contributed by atoms with Crippen molar-refractivity contribution in [3.8, 4) is 0 Å². The zero-order chi connectivity index (χ0) is 14.1. The summed E-state index contributed by atoms with van der Waals surface area (Å²) in [5, 5.41) is 17.0. The van der Waals surface area contributed by atoms with E-state index in [-0.39, 0.29) is 6.10 Å². The van der Waals surface area contributed by atoms with Gasteiger partial charge in [-0.05, 0) is 6.92 Å². The van der Waals surface area contributed by atoms with Gasteiger partial charge in [0.2, 0.25) is 0 Å². The third-order valence-corrected chi connectivity index (χ3v) is 2.53. The topological polar surface area (TPSA) is 81.4 Å². The van der Waals surface area contributed by atoms with Gasteiger partial charge in [0.25, 0.3) is 0 Å². The number of aliphatic hydroxyl groups is 1. The molecule has 0 saturated carbocycles. The molecule has 0 amide bonds. The molecule has 1 aromatic heterocycles. The predicted octanol–water partition coefficient (Wildman–Crippen LogP) is -0.640. The molecule has 0 aliphatic rings. The minimum absolute atomic E-state index is 0.00244. The fourth-order valence-corrected chi connectivity index (χ4v) is 1.58. The molecule has 0 bridgehead atoms. The SMILES string of the molecule is COCC(C)OCC(O)CNCCc1ncn(C)n1. The van der Waals surface area contributed by atoms with E-state index in [1.165, 1.54) is 0 Å². The van der Waals surface area contributed by atoms with E-state index in [9.17, 15) is 5.11 Å². The Hall–Kier alpha value is -1.02. The Kier molecular flexibility index (Phi) is 7.57. The molecule has 7 heteroatoms. The highest BCUT2D eigenvalue weighted by atomic mass is 16.5. The van der Waals surface area contributed by atoms with Crippen LogP contribution in [-0.2, 0) is 22.9 Å². The fourth-order valence-electron chi connectivity index (χ4n) is 1.58. The van der Waals surface area contributed by atoms with E-state index in [1.807, 2.05) is 14.0 Å². The largest absolute Gasteiger partial charge is 0.389 e. The van der Waals surface area contributed by atoms with Crippen molar-refractivity contribution in [2.75, 3.05) is 33.4 Å². The first-order valence-corrected chi connectivity index (χ1v) is 6.45. The highest BCUT2D eigenvalue weighted by molar-refractivity contribution is 4.82. The number of aromatic nitrogens is 3. The van der Waals surface area contributed by atoms with E-state index in [2.05, 4.69) is 15.4 Å². The van der Waals surface area contributed by atoms with Crippen LogP contribution in [0.5, 0.6) is 0 Å². The number of hydrogen-bond donors (Lipinski definition) is 2. The molecule has 7 nitrogen and oxygen atoms in total. The minimum atomic E-state index is -0.518. The van der Waals surface area contributed by atoms with Crippen LogP contribution < -0.4 is 5.32 Å². The van der Waals surface area contributed by atoms with Crippen molar-refractivity contribution in [1.29, 1.82) is 0 Å². The lowest BCUT2D eigenvalue weighted by Crippen LogP contribution is -2.33. The minimum Gasteiger partial charge on any atom is -0.389 e. The number of aliphatic hydroxyl groups excluding tert-OH is 1. The third kappa shape index (κ3) is 7.22. The second kappa shape index (κ2) is 8.98. The average Bonchev–Trinajstić information content (AvgIpc) is 2.78. The zero-order valence-corrected chi connectivity index (χ0v) is 11.9. The quantitative estimate of drug-likeness (QED) is 0.551. The second-order valence-corrected chi connectivity index (χ2v) is 4.54. The number of methoxy groups -OCH3 is 1. The standard InChI is InChI=1S/C12H24N4O3/c1-10(7-18-3)19-8-11(17)6-13-5-4-12-14-9-16(2)15-12/h9-11,13,17H,4-8H2,1-3H3. The summed E-state index contributed by atoms with van der Waals surface area (Å²) in [5.41, 5.74) is 0. The highest BCUT2D eigenvalue weighted by Gasteiger charge is 2.07. The van der Waals surface area contributed by atoms with Gasteiger partial charge in [-0.2, -0.15) is 5.10 Å². The van der Waals surface area contributed by atoms with E-state index >= 15 is 0 Å². The van der Waals surface area contributed by atoms with Crippen LogP contribution in [0.2, 0.25) is 0 Å². The van der Waals surface area contributed by atoms with E-state index < -0.39 is 6.10 Å². The van der Waals surface area contributed by atoms with Crippen molar-refractivity contribution in [1.82, 2.24) is 20.1 Å². The molecule has 1 heterocycles. The van der Waals surface area contributed by atoms with Gasteiger partial charge >= 0.3 is 0 Å². The molecule has 2 atom stereocenters. The lowest BCUT2D eigenvalue weighted by atomic mass is 10.3. The summed E-state index contributed by atoms with van der Waals surface area (Å²) in [6.07, 6.45) is 1.90. The smallest absolute Gasteiger partial charge is 0.151 e. The first kappa shape index (κ1) is 16.0. The molecule has 2 N–H and O–H groups in total. The molecule has 0 aliphatic heterocycles. The Labute approximate surface area is 113 Å². The Morgan fingerprint density at radius 1 is 1.47 bits per heavy atom. The first-order valence-electron chi connectivity index (χ1n) is 6.45. The molecule has 0 fully saturated rings. The summed E-state index contributed by atoms with van der Waals surface area (Å²) in [7, 11) is 3.47. The van der Waals surface area contributed by atoms with Gasteiger partial charge in [0.1, 0.15) is 6.33 Å². The van der Waals surface area contributed by atoms with Gasteiger partial charge in [-0.3, -0.25) is 4.68 Å². The van der Waals surface area contributed by atoms with E-state index in [1.54, 1.807) is 18.1 Å². The number of aryl methyl sites for hydroxylation is 1. The lowest BCUT2D eigenvalue weighted by Gasteiger charge is -2.16.